The van der Waals surface area contributed by atoms with Crippen molar-refractivity contribution in [3.05, 3.63) is 42.1 Å². The number of nitrogens with two attached hydrogens (primary N) is 1. The number of carbonyl (C=O) groups is 2. The predicted molar refractivity (Wildman–Crippen MR) is 111 cm³/mol. The Labute approximate surface area is 175 Å². The Hall–Kier alpha value is -2.91. The number of nitrogens with zero attached hydrogens (tertiary/aromatic N) is 3. The molecule has 1 aromatic carbocycles. The smallest absolute Gasteiger partial charge is 0.276 e. The molecule has 2 atom stereocenters. The van der Waals surface area contributed by atoms with Crippen LogP contribution in [0.3, 0.4) is 0 Å². The molecule has 4 rings (SSSR count). The molecular weight excluding hydrogens is 386 g/mol. The standard InChI is InChI=1S/C21H27N5O4/c1-14(22)20-24-17(13-30-20)21(28)26-8-2-3-18(26)19(27)23-15-4-6-16(7-5-15)25-9-11-29-12-10-25/h4-7,13-14,18H,2-3,8-12,22H2,1H3,(H,23,27)/t14-,18-/m1/s1. The molecule has 0 bridgehead atoms. The Morgan fingerprint density at radius 3 is 2.60 bits per heavy atom. The van der Waals surface area contributed by atoms with E-state index in [-0.39, 0.29) is 17.5 Å². The molecule has 9 heteroatoms. The molecule has 2 fully saturated rings. The number of benzene rings is 1. The summed E-state index contributed by atoms with van der Waals surface area (Å²) in [6.45, 7) is 5.40. The number of amides is 2. The molecule has 0 saturated carbocycles. The highest BCUT2D eigenvalue weighted by atomic mass is 16.5. The molecule has 160 valence electrons. The highest BCUT2D eigenvalue weighted by Crippen LogP contribution is 2.24. The average Bonchev–Trinajstić information content (AvgIpc) is 3.45. The van der Waals surface area contributed by atoms with Crippen molar-refractivity contribution in [3.8, 4) is 0 Å². The number of hydrogen-bond donors (Lipinski definition) is 2. The lowest BCUT2D eigenvalue weighted by molar-refractivity contribution is -0.119. The van der Waals surface area contributed by atoms with Crippen molar-refractivity contribution in [2.45, 2.75) is 31.8 Å². The first-order valence-corrected chi connectivity index (χ1v) is 10.3. The van der Waals surface area contributed by atoms with Crippen LogP contribution in [0.4, 0.5) is 11.4 Å². The van der Waals surface area contributed by atoms with Gasteiger partial charge in [-0.1, -0.05) is 0 Å². The van der Waals surface area contributed by atoms with Crippen LogP contribution < -0.4 is 16.0 Å². The number of anilines is 2. The third-order valence-corrected chi connectivity index (χ3v) is 5.46. The van der Waals surface area contributed by atoms with Gasteiger partial charge in [0.05, 0.1) is 19.3 Å². The summed E-state index contributed by atoms with van der Waals surface area (Å²) < 4.78 is 10.6. The van der Waals surface area contributed by atoms with E-state index < -0.39 is 12.1 Å². The molecule has 0 aliphatic carbocycles. The Bertz CT molecular complexity index is 889. The summed E-state index contributed by atoms with van der Waals surface area (Å²) in [6.07, 6.45) is 2.68. The molecule has 2 saturated heterocycles. The zero-order valence-corrected chi connectivity index (χ0v) is 17.0. The van der Waals surface area contributed by atoms with Crippen LogP contribution in [0.15, 0.2) is 34.9 Å². The number of aromatic nitrogens is 1. The van der Waals surface area contributed by atoms with Crippen LogP contribution in [-0.2, 0) is 9.53 Å². The number of nitrogens with one attached hydrogen (secondary N) is 1. The number of hydrogen-bond acceptors (Lipinski definition) is 7. The maximum Gasteiger partial charge on any atom is 0.276 e. The van der Waals surface area contributed by atoms with Crippen molar-refractivity contribution in [1.29, 1.82) is 0 Å². The second-order valence-corrected chi connectivity index (χ2v) is 7.65. The minimum Gasteiger partial charge on any atom is -0.446 e. The van der Waals surface area contributed by atoms with Gasteiger partial charge >= 0.3 is 0 Å². The lowest BCUT2D eigenvalue weighted by Gasteiger charge is -2.29. The van der Waals surface area contributed by atoms with E-state index in [4.69, 9.17) is 14.9 Å². The van der Waals surface area contributed by atoms with E-state index in [1.54, 1.807) is 11.8 Å². The van der Waals surface area contributed by atoms with Crippen LogP contribution in [-0.4, -0.2) is 60.6 Å². The van der Waals surface area contributed by atoms with Gasteiger partial charge in [-0.2, -0.15) is 0 Å². The summed E-state index contributed by atoms with van der Waals surface area (Å²) in [7, 11) is 0. The molecule has 9 nitrogen and oxygen atoms in total. The van der Waals surface area contributed by atoms with Crippen LogP contribution in [0.1, 0.15) is 42.2 Å². The molecular formula is C21H27N5O4. The molecule has 3 N–H and O–H groups in total. The predicted octanol–water partition coefficient (Wildman–Crippen LogP) is 1.77. The maximum atomic E-state index is 12.9. The van der Waals surface area contributed by atoms with Gasteiger partial charge in [-0.25, -0.2) is 4.98 Å². The van der Waals surface area contributed by atoms with Gasteiger partial charge in [-0.15, -0.1) is 0 Å². The molecule has 2 amide bonds. The Morgan fingerprint density at radius 1 is 1.20 bits per heavy atom. The van der Waals surface area contributed by atoms with E-state index in [1.807, 2.05) is 24.3 Å². The first kappa shape index (κ1) is 20.4. The van der Waals surface area contributed by atoms with E-state index in [0.717, 1.165) is 38.4 Å². The number of carbonyl (C=O) groups excluding carboxylic acids is 2. The van der Waals surface area contributed by atoms with Crippen molar-refractivity contribution in [2.75, 3.05) is 43.1 Å². The lowest BCUT2D eigenvalue weighted by Crippen LogP contribution is -2.43. The van der Waals surface area contributed by atoms with E-state index >= 15 is 0 Å². The summed E-state index contributed by atoms with van der Waals surface area (Å²) >= 11 is 0. The summed E-state index contributed by atoms with van der Waals surface area (Å²) in [5.74, 6) is -0.208. The fraction of sp³-hybridized carbons (Fsp3) is 0.476. The molecule has 30 heavy (non-hydrogen) atoms. The van der Waals surface area contributed by atoms with Gasteiger partial charge in [0.15, 0.2) is 5.69 Å². The van der Waals surface area contributed by atoms with Crippen LogP contribution in [0, 0.1) is 0 Å². The fourth-order valence-electron chi connectivity index (χ4n) is 3.83. The number of oxazole rings is 1. The molecule has 0 radical (unpaired) electrons. The van der Waals surface area contributed by atoms with Crippen molar-refractivity contribution in [1.82, 2.24) is 9.88 Å². The van der Waals surface area contributed by atoms with Gasteiger partial charge in [0.1, 0.15) is 12.3 Å². The van der Waals surface area contributed by atoms with Crippen LogP contribution in [0.2, 0.25) is 0 Å². The normalized spacial score (nSPS) is 20.3. The quantitative estimate of drug-likeness (QED) is 0.768. The van der Waals surface area contributed by atoms with E-state index in [9.17, 15) is 9.59 Å². The Kier molecular flexibility index (Phi) is 6.01. The van der Waals surface area contributed by atoms with Gasteiger partial charge in [0, 0.05) is 31.0 Å². The molecule has 2 aromatic rings. The van der Waals surface area contributed by atoms with Crippen LogP contribution in [0.5, 0.6) is 0 Å². The van der Waals surface area contributed by atoms with E-state index in [1.165, 1.54) is 6.26 Å². The second kappa shape index (κ2) is 8.85. The largest absolute Gasteiger partial charge is 0.446 e. The zero-order valence-electron chi connectivity index (χ0n) is 17.0. The van der Waals surface area contributed by atoms with Crippen LogP contribution >= 0.6 is 0 Å². The van der Waals surface area contributed by atoms with Crippen molar-refractivity contribution in [3.63, 3.8) is 0 Å². The van der Waals surface area contributed by atoms with Crippen LogP contribution in [0.25, 0.3) is 0 Å². The van der Waals surface area contributed by atoms with E-state index in [2.05, 4.69) is 15.2 Å². The van der Waals surface area contributed by atoms with Crippen molar-refractivity contribution < 1.29 is 18.7 Å². The Balaban J connectivity index is 1.40. The number of likely N-dealkylation sites (tertiary alicyclic amines) is 1. The molecule has 0 spiro atoms. The van der Waals surface area contributed by atoms with Gasteiger partial charge in [-0.3, -0.25) is 9.59 Å². The molecule has 1 aromatic heterocycles. The zero-order chi connectivity index (χ0) is 21.1. The molecule has 2 aliphatic rings. The molecule has 2 aliphatic heterocycles. The number of ether oxygens (including phenoxy) is 1. The monoisotopic (exact) mass is 413 g/mol. The first-order chi connectivity index (χ1) is 14.5. The van der Waals surface area contributed by atoms with Gasteiger partial charge < -0.3 is 30.0 Å². The third kappa shape index (κ3) is 4.31. The highest BCUT2D eigenvalue weighted by molar-refractivity contribution is 6.00. The number of morpholine rings is 1. The first-order valence-electron chi connectivity index (χ1n) is 10.3. The fourth-order valence-corrected chi connectivity index (χ4v) is 3.83. The summed E-state index contributed by atoms with van der Waals surface area (Å²) in [4.78, 5) is 33.7. The maximum absolute atomic E-state index is 12.9. The summed E-state index contributed by atoms with van der Waals surface area (Å²) in [5.41, 5.74) is 7.73. The Morgan fingerprint density at radius 2 is 1.93 bits per heavy atom. The summed E-state index contributed by atoms with van der Waals surface area (Å²) in [6, 6.07) is 6.82. The minimum absolute atomic E-state index is 0.178. The topological polar surface area (TPSA) is 114 Å². The van der Waals surface area contributed by atoms with Gasteiger partial charge in [0.25, 0.3) is 5.91 Å². The van der Waals surface area contributed by atoms with E-state index in [0.29, 0.717) is 24.5 Å². The highest BCUT2D eigenvalue weighted by Gasteiger charge is 2.35. The number of rotatable bonds is 5. The molecule has 3 heterocycles. The summed E-state index contributed by atoms with van der Waals surface area (Å²) in [5, 5.41) is 2.93. The average molecular weight is 413 g/mol. The lowest BCUT2D eigenvalue weighted by atomic mass is 10.2. The third-order valence-electron chi connectivity index (χ3n) is 5.46. The SMILES string of the molecule is C[C@@H](N)c1nc(C(=O)N2CCC[C@@H]2C(=O)Nc2ccc(N3CCOCC3)cc2)co1. The van der Waals surface area contributed by atoms with Gasteiger partial charge in [-0.05, 0) is 44.0 Å². The van der Waals surface area contributed by atoms with Crippen molar-refractivity contribution in [2.24, 2.45) is 5.73 Å². The minimum atomic E-state index is -0.535. The van der Waals surface area contributed by atoms with Crippen molar-refractivity contribution >= 4 is 23.2 Å². The van der Waals surface area contributed by atoms with Gasteiger partial charge in [0.2, 0.25) is 11.8 Å². The molecule has 0 unspecified atom stereocenters. The second-order valence-electron chi connectivity index (χ2n) is 7.65.